The summed E-state index contributed by atoms with van der Waals surface area (Å²) in [6.07, 6.45) is 0. The second-order valence-corrected chi connectivity index (χ2v) is 0.651. The molecule has 0 aliphatic heterocycles. The van der Waals surface area contributed by atoms with E-state index < -0.39 is 10.9 Å². The average molecular weight is 83.1 g/mol. The van der Waals surface area contributed by atoms with Gasteiger partial charge in [0.1, 0.15) is 0 Å². The Labute approximate surface area is 26.1 Å². The molecule has 0 amide bonds. The third kappa shape index (κ3) is 195. The van der Waals surface area contributed by atoms with E-state index in [0.717, 1.165) is 0 Å². The Kier molecular flexibility index (Phi) is 0.679. The second-order valence-electron chi connectivity index (χ2n) is 0.217. The molecular formula is H2O3S. The monoisotopic (exact) mass is 83.0 g/mol. The normalized spacial score (nSPS) is 14.8. The van der Waals surface area contributed by atoms with Gasteiger partial charge in [-0.15, -0.1) is 0 Å². The molecule has 0 aromatic heterocycles. The summed E-state index contributed by atoms with van der Waals surface area (Å²) in [4.78, 5) is 0. The van der Waals surface area contributed by atoms with Crippen LogP contribution in [0.4, 0.5) is 0 Å². The summed E-state index contributed by atoms with van der Waals surface area (Å²) in [5, 5.41) is 0. The zero-order valence-corrected chi connectivity index (χ0v) is 2.49. The molecule has 0 bridgehead atoms. The maximum atomic E-state index is 8.85. The summed E-state index contributed by atoms with van der Waals surface area (Å²) in [5.41, 5.74) is 0. The van der Waals surface area contributed by atoms with Crippen molar-refractivity contribution in [3.8, 4) is 0 Å². The summed E-state index contributed by atoms with van der Waals surface area (Å²) in [5.74, 6) is 0. The fraction of sp³-hybridized carbons (Fsp3) is 0. The van der Waals surface area contributed by atoms with Crippen LogP contribution in [-0.4, -0.2) is 14.1 Å². The molecule has 0 radical (unpaired) electrons. The quantitative estimate of drug-likeness (QED) is 0.294. The molecule has 26 valence electrons. The van der Waals surface area contributed by atoms with E-state index in [2.05, 4.69) is 0 Å². The lowest BCUT2D eigenvalue weighted by Gasteiger charge is -1.43. The van der Waals surface area contributed by atoms with Crippen LogP contribution in [0.1, 0.15) is 0 Å². The van der Waals surface area contributed by atoms with Crippen LogP contribution < -0.4 is 0 Å². The van der Waals surface area contributed by atoms with Crippen molar-refractivity contribution in [1.29, 1.82) is 1.12 Å². The summed E-state index contributed by atoms with van der Waals surface area (Å²) >= 11 is 0. The van der Waals surface area contributed by atoms with Gasteiger partial charge < -0.3 is 0 Å². The molecule has 0 aromatic carbocycles. The number of hydrogen-bond donors (Lipinski definition) is 2. The molecule has 0 saturated heterocycles. The Morgan fingerprint density at radius 3 is 2.00 bits per heavy atom. The highest BCUT2D eigenvalue weighted by atomic mass is 32.2. The van der Waals surface area contributed by atoms with Crippen molar-refractivity contribution in [3.05, 3.63) is 0 Å². The van der Waals surface area contributed by atoms with E-state index in [4.69, 9.17) is 14.1 Å². The Morgan fingerprint density at radius 1 is 2.00 bits per heavy atom. The first kappa shape index (κ1) is 2.17. The smallest absolute Gasteiger partial charge is 0.254 e. The molecule has 0 unspecified atom stereocenters. The van der Waals surface area contributed by atoms with Crippen LogP contribution in [0.5, 0.6) is 0 Å². The minimum atomic E-state index is -4.42. The van der Waals surface area contributed by atoms with E-state index in [1.165, 1.54) is 0 Å². The molecule has 0 aromatic rings. The Morgan fingerprint density at radius 2 is 2.00 bits per heavy atom. The van der Waals surface area contributed by atoms with Gasteiger partial charge in [-0.05, 0) is 0 Å². The molecule has 0 heterocycles. The fourth-order valence-corrected chi connectivity index (χ4v) is 0. The van der Waals surface area contributed by atoms with Gasteiger partial charge in [0.2, 0.25) is 1.12 Å². The standard InChI is InChI=1S/H2O3S/c1-4(2)3/h4H,(H,1,2,3)/i4D. The van der Waals surface area contributed by atoms with Crippen molar-refractivity contribution in [1.82, 2.24) is 0 Å². The van der Waals surface area contributed by atoms with Gasteiger partial charge in [0.05, 0.1) is 0 Å². The van der Waals surface area contributed by atoms with Crippen molar-refractivity contribution in [2.45, 2.75) is 0 Å². The molecule has 4 heavy (non-hydrogen) atoms. The van der Waals surface area contributed by atoms with Crippen LogP contribution in [-0.2, 0) is 10.9 Å². The van der Waals surface area contributed by atoms with Crippen LogP contribution in [0.15, 0.2) is 0 Å². The summed E-state index contributed by atoms with van der Waals surface area (Å²) in [6, 6.07) is 0. The van der Waals surface area contributed by atoms with Crippen LogP contribution in [0, 0.1) is 0 Å². The summed E-state index contributed by atoms with van der Waals surface area (Å²) < 4.78 is 30.3. The zero-order chi connectivity index (χ0) is 4.50. The molecule has 0 atom stereocenters. The van der Waals surface area contributed by atoms with Crippen LogP contribution in [0.3, 0.4) is 0 Å². The lowest BCUT2D eigenvalue weighted by Crippen LogP contribution is -1.58. The first-order chi connectivity index (χ1) is 2.00. The molecule has 1 N–H and O–H groups in total. The predicted molar refractivity (Wildman–Crippen MR) is 12.9 cm³/mol. The zero-order valence-electron chi connectivity index (χ0n) is 2.67. The van der Waals surface area contributed by atoms with E-state index in [1.807, 2.05) is 0 Å². The number of rotatable bonds is 0. The Balaban J connectivity index is 4.06. The summed E-state index contributed by atoms with van der Waals surface area (Å²) in [7, 11) is -4.42. The largest absolute Gasteiger partial charge is 0.288 e. The van der Waals surface area contributed by atoms with Crippen LogP contribution >= 0.6 is 0 Å². The molecule has 0 aliphatic rings. The van der Waals surface area contributed by atoms with Crippen molar-refractivity contribution in [2.75, 3.05) is 0 Å². The summed E-state index contributed by atoms with van der Waals surface area (Å²) in [6.45, 7) is 0. The van der Waals surface area contributed by atoms with Crippen molar-refractivity contribution in [3.63, 3.8) is 0 Å². The average Bonchev–Trinajstić information content (AvgIpc) is 0.722. The molecule has 0 spiro atoms. The molecule has 0 rings (SSSR count). The predicted octanol–water partition coefficient (Wildman–Crippen LogP) is -0.929. The molecule has 4 heteroatoms. The molecular weight excluding hydrogens is 80.1 g/mol. The highest BCUT2D eigenvalue weighted by Crippen LogP contribution is 1.27. The van der Waals surface area contributed by atoms with Gasteiger partial charge in [-0.1, -0.05) is 0 Å². The van der Waals surface area contributed by atoms with Crippen LogP contribution in [0.25, 0.3) is 0 Å². The highest BCUT2D eigenvalue weighted by molar-refractivity contribution is 7.66. The second kappa shape index (κ2) is 1.25. The van der Waals surface area contributed by atoms with Gasteiger partial charge in [0.15, 0.2) is 0 Å². The van der Waals surface area contributed by atoms with Gasteiger partial charge in [-0.25, -0.2) is 8.42 Å². The minimum Gasteiger partial charge on any atom is -0.288 e. The molecule has 0 aliphatic carbocycles. The third-order valence-electron chi connectivity index (χ3n) is 0. The van der Waals surface area contributed by atoms with Gasteiger partial charge in [-0.3, -0.25) is 4.55 Å². The first-order valence-electron chi connectivity index (χ1n) is 0.924. The Bertz CT molecular complexity index is 90.1. The molecule has 3 nitrogen and oxygen atoms in total. The van der Waals surface area contributed by atoms with E-state index in [1.54, 1.807) is 0 Å². The number of thiol groups is 1. The van der Waals surface area contributed by atoms with Gasteiger partial charge in [0, 0.05) is 0 Å². The van der Waals surface area contributed by atoms with Crippen molar-refractivity contribution in [2.24, 2.45) is 0 Å². The maximum Gasteiger partial charge on any atom is 0.254 e. The van der Waals surface area contributed by atoms with E-state index in [0.29, 0.717) is 0 Å². The maximum absolute atomic E-state index is 8.85. The minimum absolute atomic E-state index is 4.42. The van der Waals surface area contributed by atoms with Crippen LogP contribution in [0.2, 0.25) is 0 Å². The molecule has 0 fully saturated rings. The SMILES string of the molecule is [2H]S(=O)(=O)O. The van der Waals surface area contributed by atoms with Gasteiger partial charge >= 0.3 is 0 Å². The fourth-order valence-electron chi connectivity index (χ4n) is 0. The third-order valence-corrected chi connectivity index (χ3v) is 0. The Hall–Kier alpha value is -0.0900. The lowest BCUT2D eigenvalue weighted by molar-refractivity contribution is 0.509. The number of hydrogen-bond acceptors (Lipinski definition) is 2. The topological polar surface area (TPSA) is 54.4 Å². The lowest BCUT2D eigenvalue weighted by atomic mass is 15.9. The van der Waals surface area contributed by atoms with Gasteiger partial charge in [0.25, 0.3) is 10.9 Å². The van der Waals surface area contributed by atoms with E-state index in [-0.39, 0.29) is 0 Å². The van der Waals surface area contributed by atoms with E-state index in [9.17, 15) is 0 Å². The molecule has 0 saturated carbocycles. The highest BCUT2D eigenvalue weighted by Gasteiger charge is 1.44. The van der Waals surface area contributed by atoms with E-state index >= 15 is 0 Å². The first-order valence-corrected chi connectivity index (χ1v) is 1.55. The van der Waals surface area contributed by atoms with Crippen molar-refractivity contribution < 1.29 is 13.0 Å². The van der Waals surface area contributed by atoms with Gasteiger partial charge in [-0.2, -0.15) is 0 Å². The van der Waals surface area contributed by atoms with Crippen molar-refractivity contribution >= 4 is 10.9 Å².